The summed E-state index contributed by atoms with van der Waals surface area (Å²) in [6, 6.07) is 63.7. The lowest BCUT2D eigenvalue weighted by Gasteiger charge is -2.35. The number of aromatic nitrogens is 3. The third kappa shape index (κ3) is 6.43. The Bertz CT molecular complexity index is 2540. The van der Waals surface area contributed by atoms with Gasteiger partial charge in [-0.05, 0) is 62.4 Å². The van der Waals surface area contributed by atoms with Crippen LogP contribution in [0.4, 0.5) is 0 Å². The molecule has 0 amide bonds. The Kier molecular flexibility index (Phi) is 8.47. The van der Waals surface area contributed by atoms with Crippen molar-refractivity contribution in [1.29, 1.82) is 0 Å². The molecule has 0 saturated carbocycles. The second kappa shape index (κ2) is 14.0. The van der Waals surface area contributed by atoms with E-state index in [4.69, 9.17) is 15.0 Å². The van der Waals surface area contributed by atoms with Gasteiger partial charge in [0.15, 0.2) is 17.5 Å². The Morgan fingerprint density at radius 2 is 0.962 bits per heavy atom. The van der Waals surface area contributed by atoms with Gasteiger partial charge in [0.05, 0.1) is 6.04 Å². The lowest BCUT2D eigenvalue weighted by molar-refractivity contribution is 0.413. The van der Waals surface area contributed by atoms with Crippen LogP contribution in [0.25, 0.3) is 67.3 Å². The minimum Gasteiger partial charge on any atom is -0.364 e. The molecule has 1 atom stereocenters. The van der Waals surface area contributed by atoms with Gasteiger partial charge in [0.25, 0.3) is 0 Å². The molecule has 0 bridgehead atoms. The lowest BCUT2D eigenvalue weighted by atomic mass is 9.91. The topological polar surface area (TPSA) is 41.9 Å². The first-order valence-electron chi connectivity index (χ1n) is 18.0. The maximum absolute atomic E-state index is 5.00. The van der Waals surface area contributed by atoms with Crippen molar-refractivity contribution in [2.75, 3.05) is 7.05 Å². The molecule has 7 aromatic carbocycles. The molecule has 0 spiro atoms. The number of hydrogen-bond acceptors (Lipinski definition) is 4. The van der Waals surface area contributed by atoms with E-state index in [1.165, 1.54) is 33.5 Å². The van der Waals surface area contributed by atoms with Gasteiger partial charge in [0.2, 0.25) is 0 Å². The average Bonchev–Trinajstić information content (AvgIpc) is 3.24. The molecule has 8 aromatic rings. The highest BCUT2D eigenvalue weighted by molar-refractivity contribution is 5.98. The summed E-state index contributed by atoms with van der Waals surface area (Å²) >= 11 is 0. The highest BCUT2D eigenvalue weighted by atomic mass is 15.1. The van der Waals surface area contributed by atoms with E-state index in [9.17, 15) is 0 Å². The number of rotatable bonds is 7. The third-order valence-electron chi connectivity index (χ3n) is 10.0. The summed E-state index contributed by atoms with van der Waals surface area (Å²) in [4.78, 5) is 17.3. The second-order valence-electron chi connectivity index (χ2n) is 13.3. The van der Waals surface area contributed by atoms with Crippen molar-refractivity contribution in [2.24, 2.45) is 0 Å². The number of benzene rings is 7. The molecule has 9 rings (SSSR count). The van der Waals surface area contributed by atoms with Gasteiger partial charge in [-0.2, -0.15) is 0 Å². The van der Waals surface area contributed by atoms with Gasteiger partial charge in [0, 0.05) is 29.4 Å². The molecule has 4 heteroatoms. The molecule has 1 aliphatic heterocycles. The van der Waals surface area contributed by atoms with Crippen LogP contribution in [0.15, 0.2) is 194 Å². The first-order chi connectivity index (χ1) is 26.2. The van der Waals surface area contributed by atoms with E-state index in [0.717, 1.165) is 33.0 Å². The fourth-order valence-electron chi connectivity index (χ4n) is 7.22. The van der Waals surface area contributed by atoms with Crippen LogP contribution in [0.5, 0.6) is 0 Å². The summed E-state index contributed by atoms with van der Waals surface area (Å²) in [5.41, 5.74) is 11.3. The van der Waals surface area contributed by atoms with Crippen LogP contribution in [0.1, 0.15) is 22.7 Å². The monoisotopic (exact) mass is 680 g/mol. The molecule has 2 heterocycles. The fraction of sp³-hybridized carbons (Fsp3) is 0.0408. The van der Waals surface area contributed by atoms with Gasteiger partial charge in [-0.1, -0.05) is 176 Å². The number of allylic oxidation sites excluding steroid dienone is 2. The van der Waals surface area contributed by atoms with Gasteiger partial charge in [-0.3, -0.25) is 0 Å². The van der Waals surface area contributed by atoms with Crippen molar-refractivity contribution in [3.63, 3.8) is 0 Å². The van der Waals surface area contributed by atoms with Crippen molar-refractivity contribution in [2.45, 2.75) is 6.04 Å². The summed E-state index contributed by atoms with van der Waals surface area (Å²) < 4.78 is 0. The van der Waals surface area contributed by atoms with Gasteiger partial charge in [-0.15, -0.1) is 0 Å². The van der Waals surface area contributed by atoms with Crippen LogP contribution < -0.4 is 0 Å². The zero-order chi connectivity index (χ0) is 35.6. The number of hydrogen-bond donors (Lipinski definition) is 0. The molecule has 0 N–H and O–H groups in total. The van der Waals surface area contributed by atoms with E-state index >= 15 is 0 Å². The van der Waals surface area contributed by atoms with Gasteiger partial charge >= 0.3 is 0 Å². The summed E-state index contributed by atoms with van der Waals surface area (Å²) in [7, 11) is 2.18. The molecule has 0 aliphatic carbocycles. The van der Waals surface area contributed by atoms with Gasteiger partial charge < -0.3 is 4.90 Å². The van der Waals surface area contributed by atoms with Crippen LogP contribution in [-0.2, 0) is 0 Å². The van der Waals surface area contributed by atoms with Crippen molar-refractivity contribution in [3.8, 4) is 45.3 Å². The van der Waals surface area contributed by atoms with E-state index in [2.05, 4.69) is 145 Å². The maximum Gasteiger partial charge on any atom is 0.164 e. The SMILES string of the molecule is CN1C(c2ccccc2)=CC(c2ccc(-c3ccc4c(-c5nc(-c6ccccc6)nc(-c6ccccc6)n5)cccc4c3)cc2)=CC1c1ccccc1. The minimum absolute atomic E-state index is 0.123. The summed E-state index contributed by atoms with van der Waals surface area (Å²) in [5.74, 6) is 1.97. The van der Waals surface area contributed by atoms with E-state index in [0.29, 0.717) is 17.5 Å². The van der Waals surface area contributed by atoms with Crippen LogP contribution in [-0.4, -0.2) is 26.9 Å². The Morgan fingerprint density at radius 1 is 0.434 bits per heavy atom. The molecule has 0 fully saturated rings. The van der Waals surface area contributed by atoms with E-state index < -0.39 is 0 Å². The molecular weight excluding hydrogens is 645 g/mol. The number of likely N-dealkylation sites (N-methyl/N-ethyl adjacent to an activating group) is 1. The van der Waals surface area contributed by atoms with E-state index in [1.807, 2.05) is 60.7 Å². The largest absolute Gasteiger partial charge is 0.364 e. The molecule has 0 saturated heterocycles. The molecule has 1 aliphatic rings. The normalized spacial score (nSPS) is 14.1. The van der Waals surface area contributed by atoms with Crippen LogP contribution in [0.2, 0.25) is 0 Å². The molecule has 252 valence electrons. The molecule has 1 unspecified atom stereocenters. The first-order valence-corrected chi connectivity index (χ1v) is 18.0. The predicted molar refractivity (Wildman–Crippen MR) is 218 cm³/mol. The number of fused-ring (bicyclic) bond motifs is 1. The third-order valence-corrected chi connectivity index (χ3v) is 10.0. The van der Waals surface area contributed by atoms with Crippen LogP contribution >= 0.6 is 0 Å². The highest BCUT2D eigenvalue weighted by Gasteiger charge is 2.24. The smallest absolute Gasteiger partial charge is 0.164 e. The second-order valence-corrected chi connectivity index (χ2v) is 13.3. The van der Waals surface area contributed by atoms with Crippen LogP contribution in [0.3, 0.4) is 0 Å². The molecule has 0 radical (unpaired) electrons. The Morgan fingerprint density at radius 3 is 1.58 bits per heavy atom. The van der Waals surface area contributed by atoms with E-state index in [-0.39, 0.29) is 6.04 Å². The van der Waals surface area contributed by atoms with Crippen molar-refractivity contribution < 1.29 is 0 Å². The first kappa shape index (κ1) is 32.0. The molecule has 53 heavy (non-hydrogen) atoms. The average molecular weight is 681 g/mol. The van der Waals surface area contributed by atoms with Gasteiger partial charge in [-0.25, -0.2) is 15.0 Å². The van der Waals surface area contributed by atoms with E-state index in [1.54, 1.807) is 0 Å². The predicted octanol–water partition coefficient (Wildman–Crippen LogP) is 11.8. The quantitative estimate of drug-likeness (QED) is 0.168. The van der Waals surface area contributed by atoms with Crippen molar-refractivity contribution in [3.05, 3.63) is 211 Å². The molecule has 4 nitrogen and oxygen atoms in total. The Hall–Kier alpha value is -6.91. The van der Waals surface area contributed by atoms with Crippen molar-refractivity contribution in [1.82, 2.24) is 19.9 Å². The van der Waals surface area contributed by atoms with Crippen molar-refractivity contribution >= 4 is 22.0 Å². The molecule has 1 aromatic heterocycles. The zero-order valence-electron chi connectivity index (χ0n) is 29.3. The zero-order valence-corrected chi connectivity index (χ0v) is 29.3. The lowest BCUT2D eigenvalue weighted by Crippen LogP contribution is -2.24. The van der Waals surface area contributed by atoms with Crippen LogP contribution in [0, 0.1) is 0 Å². The highest BCUT2D eigenvalue weighted by Crippen LogP contribution is 2.39. The summed E-state index contributed by atoms with van der Waals surface area (Å²) in [6.45, 7) is 0. The maximum atomic E-state index is 5.00. The summed E-state index contributed by atoms with van der Waals surface area (Å²) in [6.07, 6.45) is 4.69. The van der Waals surface area contributed by atoms with Gasteiger partial charge in [0.1, 0.15) is 0 Å². The summed E-state index contributed by atoms with van der Waals surface area (Å²) in [5, 5.41) is 2.23. The fourth-order valence-corrected chi connectivity index (χ4v) is 7.22. The standard InChI is InChI=1S/C49H36N4/c1-53-45(36-15-6-2-7-16-36)32-42(33-46(53)37-17-8-3-9-18-37)35-27-25-34(26-28-35)40-29-30-43-41(31-40)23-14-24-44(43)49-51-47(38-19-10-4-11-20-38)50-48(52-49)39-21-12-5-13-22-39/h2-33,45H,1H3. The minimum atomic E-state index is 0.123. The Labute approximate surface area is 310 Å². The Balaban J connectivity index is 1.07. The molecular formula is C49H36N4. The number of nitrogens with zero attached hydrogens (tertiary/aromatic N) is 4.